The number of nitrogens with zero attached hydrogens (tertiary/aromatic N) is 1. The average Bonchev–Trinajstić information content (AvgIpc) is 2.96. The smallest absolute Gasteiger partial charge is 0.417 e. The number of amides is 4. The van der Waals surface area contributed by atoms with Crippen LogP contribution >= 0.6 is 11.6 Å². The number of phenols is 1. The van der Waals surface area contributed by atoms with E-state index in [4.69, 9.17) is 16.3 Å². The van der Waals surface area contributed by atoms with Gasteiger partial charge in [-0.15, -0.1) is 0 Å². The first-order valence-corrected chi connectivity index (χ1v) is 12.6. The molecule has 0 fully saturated rings. The van der Waals surface area contributed by atoms with Gasteiger partial charge in [0.25, 0.3) is 11.8 Å². The molecule has 0 aliphatic carbocycles. The van der Waals surface area contributed by atoms with Gasteiger partial charge in [-0.1, -0.05) is 23.7 Å². The predicted octanol–water partition coefficient (Wildman–Crippen LogP) is 6.37. The van der Waals surface area contributed by atoms with Crippen LogP contribution in [0.25, 0.3) is 6.08 Å². The van der Waals surface area contributed by atoms with Crippen molar-refractivity contribution >= 4 is 46.9 Å². The number of aromatic hydroxyl groups is 1. The molecular formula is C29H21ClF3N5O5. The van der Waals surface area contributed by atoms with Gasteiger partial charge in [0.1, 0.15) is 22.9 Å². The number of ether oxygens (including phenoxy) is 1. The standard InChI is InChI=1S/C29H21ClF3N5O5/c30-24-10-7-19(15-23(24)29(31,32)33)36-28(42)35-18-5-8-21(9-6-18)43-22-12-13-34-25(16-22)27(41)38-37-26(40)11-4-17-2-1-3-20(39)14-17/h1-16,39H,(H,37,40)(H,38,41)(H2,35,36,42). The van der Waals surface area contributed by atoms with Crippen LogP contribution in [0.4, 0.5) is 29.3 Å². The maximum atomic E-state index is 13.0. The molecule has 1 aromatic heterocycles. The maximum absolute atomic E-state index is 13.0. The monoisotopic (exact) mass is 611 g/mol. The molecule has 1 heterocycles. The Morgan fingerprint density at radius 3 is 2.30 bits per heavy atom. The van der Waals surface area contributed by atoms with Crippen LogP contribution in [0.15, 0.2) is 91.1 Å². The number of hydrazine groups is 1. The molecule has 43 heavy (non-hydrogen) atoms. The van der Waals surface area contributed by atoms with E-state index in [9.17, 15) is 32.7 Å². The van der Waals surface area contributed by atoms with Crippen LogP contribution in [-0.4, -0.2) is 27.9 Å². The second kappa shape index (κ2) is 13.4. The Hall–Kier alpha value is -5.56. The van der Waals surface area contributed by atoms with Gasteiger partial charge in [0.05, 0.1) is 10.6 Å². The van der Waals surface area contributed by atoms with Gasteiger partial charge in [-0.05, 0) is 72.3 Å². The van der Waals surface area contributed by atoms with Crippen molar-refractivity contribution in [3.63, 3.8) is 0 Å². The molecule has 0 saturated carbocycles. The second-order valence-electron chi connectivity index (χ2n) is 8.65. The molecule has 0 aliphatic heterocycles. The number of carbonyl (C=O) groups is 3. The minimum Gasteiger partial charge on any atom is -0.508 e. The Morgan fingerprint density at radius 1 is 0.860 bits per heavy atom. The largest absolute Gasteiger partial charge is 0.508 e. The topological polar surface area (TPSA) is 142 Å². The van der Waals surface area contributed by atoms with E-state index in [1.807, 2.05) is 0 Å². The zero-order valence-corrected chi connectivity index (χ0v) is 22.5. The van der Waals surface area contributed by atoms with Gasteiger partial charge in [-0.3, -0.25) is 25.4 Å². The number of carbonyl (C=O) groups excluding carboxylic acids is 3. The molecule has 0 bridgehead atoms. The van der Waals surface area contributed by atoms with Crippen molar-refractivity contribution in [2.45, 2.75) is 6.18 Å². The van der Waals surface area contributed by atoms with Crippen LogP contribution in [0.3, 0.4) is 0 Å². The lowest BCUT2D eigenvalue weighted by atomic mass is 10.2. The summed E-state index contributed by atoms with van der Waals surface area (Å²) in [6.45, 7) is 0. The highest BCUT2D eigenvalue weighted by Crippen LogP contribution is 2.36. The van der Waals surface area contributed by atoms with Crippen LogP contribution in [0.1, 0.15) is 21.6 Å². The summed E-state index contributed by atoms with van der Waals surface area (Å²) in [7, 11) is 0. The molecular weight excluding hydrogens is 591 g/mol. The molecule has 4 aromatic rings. The molecule has 0 atom stereocenters. The Labute approximate surface area is 247 Å². The molecule has 0 aliphatic rings. The second-order valence-corrected chi connectivity index (χ2v) is 9.05. The number of benzene rings is 3. The zero-order valence-electron chi connectivity index (χ0n) is 21.8. The number of halogens is 4. The number of nitrogens with one attached hydrogen (secondary N) is 4. The van der Waals surface area contributed by atoms with Crippen LogP contribution in [0.2, 0.25) is 5.02 Å². The summed E-state index contributed by atoms with van der Waals surface area (Å²) in [5, 5.41) is 13.8. The Morgan fingerprint density at radius 2 is 1.58 bits per heavy atom. The molecule has 10 nitrogen and oxygen atoms in total. The van der Waals surface area contributed by atoms with Crippen LogP contribution in [0, 0.1) is 0 Å². The minimum atomic E-state index is -4.68. The van der Waals surface area contributed by atoms with Crippen molar-refractivity contribution in [3.8, 4) is 17.2 Å². The van der Waals surface area contributed by atoms with E-state index in [1.54, 1.807) is 12.1 Å². The van der Waals surface area contributed by atoms with E-state index in [0.29, 0.717) is 17.0 Å². The van der Waals surface area contributed by atoms with E-state index in [-0.39, 0.29) is 22.9 Å². The van der Waals surface area contributed by atoms with Crippen molar-refractivity contribution in [3.05, 3.63) is 113 Å². The van der Waals surface area contributed by atoms with Crippen LogP contribution in [-0.2, 0) is 11.0 Å². The first kappa shape index (κ1) is 30.4. The average molecular weight is 612 g/mol. The van der Waals surface area contributed by atoms with E-state index >= 15 is 0 Å². The molecule has 3 aromatic carbocycles. The van der Waals surface area contributed by atoms with Crippen LogP contribution in [0.5, 0.6) is 17.2 Å². The highest BCUT2D eigenvalue weighted by molar-refractivity contribution is 6.31. The lowest BCUT2D eigenvalue weighted by Crippen LogP contribution is -2.41. The highest BCUT2D eigenvalue weighted by atomic mass is 35.5. The number of phenolic OH excluding ortho intramolecular Hbond substituents is 1. The van der Waals surface area contributed by atoms with E-state index in [1.165, 1.54) is 72.9 Å². The van der Waals surface area contributed by atoms with Gasteiger partial charge < -0.3 is 20.5 Å². The summed E-state index contributed by atoms with van der Waals surface area (Å²) in [5.41, 5.74) is 4.12. The number of rotatable bonds is 7. The number of alkyl halides is 3. The summed E-state index contributed by atoms with van der Waals surface area (Å²) in [6.07, 6.45) is -0.724. The first-order valence-electron chi connectivity index (χ1n) is 12.2. The summed E-state index contributed by atoms with van der Waals surface area (Å²) in [5.74, 6) is -0.704. The normalized spacial score (nSPS) is 11.1. The Kier molecular flexibility index (Phi) is 9.47. The molecule has 14 heteroatoms. The first-order chi connectivity index (χ1) is 20.5. The van der Waals surface area contributed by atoms with E-state index < -0.39 is 34.6 Å². The summed E-state index contributed by atoms with van der Waals surface area (Å²) < 4.78 is 44.9. The summed E-state index contributed by atoms with van der Waals surface area (Å²) in [6, 6.07) is 17.3. The van der Waals surface area contributed by atoms with Gasteiger partial charge in [-0.25, -0.2) is 4.79 Å². The summed E-state index contributed by atoms with van der Waals surface area (Å²) >= 11 is 5.59. The van der Waals surface area contributed by atoms with Crippen molar-refractivity contribution in [1.82, 2.24) is 15.8 Å². The molecule has 4 rings (SSSR count). The number of urea groups is 1. The van der Waals surface area contributed by atoms with E-state index in [0.717, 1.165) is 12.1 Å². The number of anilines is 2. The third kappa shape index (κ3) is 8.96. The highest BCUT2D eigenvalue weighted by Gasteiger charge is 2.33. The number of pyridine rings is 1. The summed E-state index contributed by atoms with van der Waals surface area (Å²) in [4.78, 5) is 40.6. The fourth-order valence-corrected chi connectivity index (χ4v) is 3.70. The fourth-order valence-electron chi connectivity index (χ4n) is 3.48. The molecule has 0 radical (unpaired) electrons. The maximum Gasteiger partial charge on any atom is 0.417 e. The lowest BCUT2D eigenvalue weighted by Gasteiger charge is -2.12. The van der Waals surface area contributed by atoms with Crippen LogP contribution < -0.4 is 26.2 Å². The van der Waals surface area contributed by atoms with Gasteiger partial charge in [0, 0.05) is 29.7 Å². The third-order valence-electron chi connectivity index (χ3n) is 5.44. The third-order valence-corrected chi connectivity index (χ3v) is 5.77. The molecule has 0 spiro atoms. The predicted molar refractivity (Wildman–Crippen MR) is 153 cm³/mol. The SMILES string of the molecule is O=C(C=Cc1cccc(O)c1)NNC(=O)c1cc(Oc2ccc(NC(=O)Nc3ccc(Cl)c(C(F)(F)F)c3)cc2)ccn1. The zero-order chi connectivity index (χ0) is 31.0. The van der Waals surface area contributed by atoms with Gasteiger partial charge >= 0.3 is 12.2 Å². The van der Waals surface area contributed by atoms with Crippen molar-refractivity contribution in [1.29, 1.82) is 0 Å². The number of hydrogen-bond acceptors (Lipinski definition) is 6. The molecule has 0 unspecified atom stereocenters. The lowest BCUT2D eigenvalue weighted by molar-refractivity contribution is -0.137. The molecule has 0 saturated heterocycles. The van der Waals surface area contributed by atoms with Crippen molar-refractivity contribution < 1.29 is 37.4 Å². The molecule has 4 amide bonds. The minimum absolute atomic E-state index is 0.0444. The molecule has 5 N–H and O–H groups in total. The van der Waals surface area contributed by atoms with Crippen molar-refractivity contribution in [2.75, 3.05) is 10.6 Å². The van der Waals surface area contributed by atoms with Gasteiger partial charge in [0.2, 0.25) is 0 Å². The van der Waals surface area contributed by atoms with E-state index in [2.05, 4.69) is 26.5 Å². The van der Waals surface area contributed by atoms with Gasteiger partial charge in [0.15, 0.2) is 0 Å². The Bertz CT molecular complexity index is 1680. The number of aromatic nitrogens is 1. The quantitative estimate of drug-likeness (QED) is 0.121. The molecule has 220 valence electrons. The fraction of sp³-hybridized carbons (Fsp3) is 0.0345. The Balaban J connectivity index is 1.29. The number of hydrogen-bond donors (Lipinski definition) is 5. The van der Waals surface area contributed by atoms with Gasteiger partial charge in [-0.2, -0.15) is 13.2 Å². The van der Waals surface area contributed by atoms with Crippen molar-refractivity contribution in [2.24, 2.45) is 0 Å².